The van der Waals surface area contributed by atoms with Crippen molar-refractivity contribution in [3.63, 3.8) is 0 Å². The van der Waals surface area contributed by atoms with Crippen molar-refractivity contribution in [2.24, 2.45) is 0 Å². The number of hydrogen-bond acceptors (Lipinski definition) is 9. The smallest absolute Gasteiger partial charge is 0.312 e. The molecule has 10 heteroatoms. The van der Waals surface area contributed by atoms with Gasteiger partial charge in [-0.25, -0.2) is 4.98 Å². The van der Waals surface area contributed by atoms with Gasteiger partial charge in [0.15, 0.2) is 5.95 Å². The molecular formula is C21H18N6O3S. The number of carbonyl (C=O) groups excluding carboxylic acids is 1. The van der Waals surface area contributed by atoms with Gasteiger partial charge in [-0.3, -0.25) is 4.79 Å². The number of carbonyl (C=O) groups is 1. The summed E-state index contributed by atoms with van der Waals surface area (Å²) in [7, 11) is 0. The zero-order valence-corrected chi connectivity index (χ0v) is 17.8. The topological polar surface area (TPSA) is 159 Å². The molecule has 31 heavy (non-hydrogen) atoms. The molecule has 4 N–H and O–H groups in total. The van der Waals surface area contributed by atoms with E-state index in [2.05, 4.69) is 16.3 Å². The molecule has 0 atom stereocenters. The molecule has 156 valence electrons. The molecule has 0 saturated heterocycles. The second-order valence-corrected chi connectivity index (χ2v) is 8.36. The second kappa shape index (κ2) is 7.37. The van der Waals surface area contributed by atoms with Gasteiger partial charge in [-0.15, -0.1) is 11.3 Å². The zero-order valence-electron chi connectivity index (χ0n) is 17.0. The van der Waals surface area contributed by atoms with Gasteiger partial charge in [0.1, 0.15) is 21.6 Å². The Bertz CT molecular complexity index is 1380. The number of benzene rings is 1. The zero-order chi connectivity index (χ0) is 22.4. The summed E-state index contributed by atoms with van der Waals surface area (Å²) in [6, 6.07) is 9.17. The first kappa shape index (κ1) is 20.3. The molecule has 1 aromatic carbocycles. The fourth-order valence-corrected chi connectivity index (χ4v) is 4.53. The predicted molar refractivity (Wildman–Crippen MR) is 113 cm³/mol. The molecule has 3 heterocycles. The molecule has 4 aromatic rings. The molecular weight excluding hydrogens is 416 g/mol. The van der Waals surface area contributed by atoms with E-state index in [0.29, 0.717) is 21.5 Å². The van der Waals surface area contributed by atoms with Crippen LogP contribution in [-0.2, 0) is 0 Å². The van der Waals surface area contributed by atoms with E-state index in [9.17, 15) is 15.2 Å². The lowest BCUT2D eigenvalue weighted by atomic mass is 9.94. The van der Waals surface area contributed by atoms with Gasteiger partial charge in [0.05, 0.1) is 16.5 Å². The molecule has 0 saturated carbocycles. The van der Waals surface area contributed by atoms with Crippen LogP contribution in [0.3, 0.4) is 0 Å². The lowest BCUT2D eigenvalue weighted by Crippen LogP contribution is -2.39. The Morgan fingerprint density at radius 2 is 1.97 bits per heavy atom. The summed E-state index contributed by atoms with van der Waals surface area (Å²) < 4.78 is 5.93. The summed E-state index contributed by atoms with van der Waals surface area (Å²) in [5.41, 5.74) is 14.6. The van der Waals surface area contributed by atoms with Gasteiger partial charge < -0.3 is 21.1 Å². The minimum Gasteiger partial charge on any atom is -0.539 e. The SMILES string of the molecule is Cc1ccc(-[n+]2noc([O-])c2C(=O)c2sc3nc(N)c(C#N)c(C(C)C)c3c2N)cc1. The van der Waals surface area contributed by atoms with Crippen LogP contribution in [0, 0.1) is 18.3 Å². The van der Waals surface area contributed by atoms with E-state index in [1.807, 2.05) is 32.9 Å². The Balaban J connectivity index is 1.94. The third-order valence-electron chi connectivity index (χ3n) is 4.94. The van der Waals surface area contributed by atoms with Crippen LogP contribution >= 0.6 is 11.3 Å². The minimum absolute atomic E-state index is 0.0724. The molecule has 0 amide bonds. The van der Waals surface area contributed by atoms with E-state index in [-0.39, 0.29) is 33.6 Å². The number of nitrogens with two attached hydrogens (primary N) is 2. The molecule has 9 nitrogen and oxygen atoms in total. The number of rotatable bonds is 4. The van der Waals surface area contributed by atoms with Gasteiger partial charge in [0.25, 0.3) is 5.78 Å². The summed E-state index contributed by atoms with van der Waals surface area (Å²) >= 11 is 1.01. The highest BCUT2D eigenvalue weighted by molar-refractivity contribution is 7.21. The lowest BCUT2D eigenvalue weighted by Gasteiger charge is -2.12. The van der Waals surface area contributed by atoms with Gasteiger partial charge in [-0.1, -0.05) is 31.5 Å². The third kappa shape index (κ3) is 3.15. The summed E-state index contributed by atoms with van der Waals surface area (Å²) in [6.07, 6.45) is 0. The summed E-state index contributed by atoms with van der Waals surface area (Å²) in [5, 5.41) is 26.1. The Morgan fingerprint density at radius 1 is 1.29 bits per heavy atom. The molecule has 0 fully saturated rings. The molecule has 0 bridgehead atoms. The van der Waals surface area contributed by atoms with E-state index in [4.69, 9.17) is 16.0 Å². The first-order valence-electron chi connectivity index (χ1n) is 9.36. The molecule has 0 aliphatic heterocycles. The largest absolute Gasteiger partial charge is 0.539 e. The van der Waals surface area contributed by atoms with Crippen LogP contribution in [0.1, 0.15) is 51.8 Å². The molecule has 0 radical (unpaired) electrons. The molecule has 0 spiro atoms. The van der Waals surface area contributed by atoms with E-state index in [0.717, 1.165) is 21.6 Å². The van der Waals surface area contributed by atoms with E-state index >= 15 is 0 Å². The van der Waals surface area contributed by atoms with Crippen molar-refractivity contribution in [1.29, 1.82) is 5.26 Å². The van der Waals surface area contributed by atoms with Crippen molar-refractivity contribution in [3.05, 3.63) is 51.5 Å². The average molecular weight is 434 g/mol. The highest BCUT2D eigenvalue weighted by Crippen LogP contribution is 2.41. The number of aromatic nitrogens is 3. The number of aryl methyl sites for hydroxylation is 1. The fraction of sp³-hybridized carbons (Fsp3) is 0.190. The Kier molecular flexibility index (Phi) is 4.83. The standard InChI is InChI=1S/C21H18N6O3S/c1-9(2)13-12(8-22)19(24)25-20-14(13)15(23)18(31-20)17(28)16-21(29)30-26-27(16)11-6-4-10(3)5-7-11/h4-7,9H,1-3H3,(H4-,23,24,25,26,28,29). The van der Waals surface area contributed by atoms with Gasteiger partial charge in [-0.2, -0.15) is 5.26 Å². The Hall–Kier alpha value is -3.97. The number of nitriles is 1. The van der Waals surface area contributed by atoms with Crippen molar-refractivity contribution in [1.82, 2.24) is 10.3 Å². The maximum absolute atomic E-state index is 13.4. The summed E-state index contributed by atoms with van der Waals surface area (Å²) in [5.74, 6) is -1.54. The first-order chi connectivity index (χ1) is 14.7. The minimum atomic E-state index is -0.878. The fourth-order valence-electron chi connectivity index (χ4n) is 3.47. The van der Waals surface area contributed by atoms with Crippen LogP contribution in [0.5, 0.6) is 5.95 Å². The molecule has 0 aliphatic rings. The number of ketones is 1. The van der Waals surface area contributed by atoms with Crippen molar-refractivity contribution in [2.45, 2.75) is 26.7 Å². The molecule has 0 aliphatic carbocycles. The number of pyridine rings is 1. The lowest BCUT2D eigenvalue weighted by molar-refractivity contribution is -0.672. The Morgan fingerprint density at radius 3 is 2.58 bits per heavy atom. The third-order valence-corrected chi connectivity index (χ3v) is 6.04. The molecule has 0 unspecified atom stereocenters. The van der Waals surface area contributed by atoms with Gasteiger partial charge >= 0.3 is 5.69 Å². The van der Waals surface area contributed by atoms with Gasteiger partial charge in [0, 0.05) is 17.5 Å². The van der Waals surface area contributed by atoms with Crippen LogP contribution in [0.4, 0.5) is 11.5 Å². The Labute approximate surface area is 181 Å². The number of anilines is 2. The van der Waals surface area contributed by atoms with Crippen molar-refractivity contribution >= 4 is 38.8 Å². The summed E-state index contributed by atoms with van der Waals surface area (Å²) in [4.78, 5) is 18.2. The van der Waals surface area contributed by atoms with Crippen LogP contribution in [0.2, 0.25) is 0 Å². The van der Waals surface area contributed by atoms with Crippen LogP contribution in [0.15, 0.2) is 28.8 Å². The van der Waals surface area contributed by atoms with Gasteiger partial charge in [-0.05, 0) is 23.1 Å². The number of hydrogen-bond donors (Lipinski definition) is 2. The second-order valence-electron chi connectivity index (χ2n) is 7.36. The highest BCUT2D eigenvalue weighted by atomic mass is 32.1. The normalized spacial score (nSPS) is 11.2. The van der Waals surface area contributed by atoms with Gasteiger partial charge in [0.2, 0.25) is 5.69 Å². The first-order valence-corrected chi connectivity index (χ1v) is 10.2. The van der Waals surface area contributed by atoms with Crippen LogP contribution in [0.25, 0.3) is 15.9 Å². The van der Waals surface area contributed by atoms with E-state index < -0.39 is 11.7 Å². The maximum Gasteiger partial charge on any atom is 0.312 e. The average Bonchev–Trinajstić information content (AvgIpc) is 3.27. The predicted octanol–water partition coefficient (Wildman–Crippen LogP) is 2.33. The molecule has 4 rings (SSSR count). The number of fused-ring (bicyclic) bond motifs is 1. The van der Waals surface area contributed by atoms with E-state index in [1.165, 1.54) is 0 Å². The van der Waals surface area contributed by atoms with E-state index in [1.54, 1.807) is 12.1 Å². The number of nitrogen functional groups attached to an aromatic ring is 2. The van der Waals surface area contributed by atoms with Crippen molar-refractivity contribution in [2.75, 3.05) is 11.5 Å². The maximum atomic E-state index is 13.4. The van der Waals surface area contributed by atoms with Crippen LogP contribution in [-0.4, -0.2) is 16.0 Å². The number of thiophene rings is 1. The van der Waals surface area contributed by atoms with Crippen molar-refractivity contribution in [3.8, 4) is 17.7 Å². The number of nitrogens with zero attached hydrogens (tertiary/aromatic N) is 4. The molecule has 3 aromatic heterocycles. The highest BCUT2D eigenvalue weighted by Gasteiger charge is 2.33. The monoisotopic (exact) mass is 434 g/mol. The van der Waals surface area contributed by atoms with Crippen molar-refractivity contribution < 1.29 is 19.1 Å². The quantitative estimate of drug-likeness (QED) is 0.366. The summed E-state index contributed by atoms with van der Waals surface area (Å²) in [6.45, 7) is 5.71. The van der Waals surface area contributed by atoms with Crippen LogP contribution < -0.4 is 21.3 Å².